The third-order valence-corrected chi connectivity index (χ3v) is 2.43. The van der Waals surface area contributed by atoms with E-state index in [0.717, 1.165) is 44.8 Å². The first-order valence-corrected chi connectivity index (χ1v) is 6.09. The Kier molecular flexibility index (Phi) is 6.77. The first-order valence-electron chi connectivity index (χ1n) is 6.09. The molecule has 0 aromatic carbocycles. The topological polar surface area (TPSA) is 34.1 Å². The molecule has 1 aromatic heterocycles. The van der Waals surface area contributed by atoms with Crippen molar-refractivity contribution in [2.45, 2.75) is 33.2 Å². The number of nitrogens with zero attached hydrogens (tertiary/aromatic N) is 1. The highest BCUT2D eigenvalue weighted by Gasteiger charge is 1.99. The highest BCUT2D eigenvalue weighted by atomic mass is 16.5. The Bertz CT molecular complexity index is 289. The van der Waals surface area contributed by atoms with E-state index in [0.29, 0.717) is 0 Å². The van der Waals surface area contributed by atoms with Gasteiger partial charge in [-0.25, -0.2) is 0 Å². The molecule has 0 fully saturated rings. The molecule has 1 heterocycles. The van der Waals surface area contributed by atoms with Gasteiger partial charge in [-0.1, -0.05) is 19.9 Å². The van der Waals surface area contributed by atoms with Crippen LogP contribution < -0.4 is 5.32 Å². The molecule has 0 atom stereocenters. The molecular formula is C13H22N2O. The van der Waals surface area contributed by atoms with E-state index >= 15 is 0 Å². The lowest BCUT2D eigenvalue weighted by atomic mass is 10.1. The Labute approximate surface area is 98.2 Å². The summed E-state index contributed by atoms with van der Waals surface area (Å²) in [6.45, 7) is 7.63. The summed E-state index contributed by atoms with van der Waals surface area (Å²) in [6, 6.07) is 4.13. The largest absolute Gasteiger partial charge is 0.380 e. The first kappa shape index (κ1) is 13.1. The van der Waals surface area contributed by atoms with Gasteiger partial charge in [0, 0.05) is 25.9 Å². The van der Waals surface area contributed by atoms with Gasteiger partial charge in [-0.15, -0.1) is 0 Å². The lowest BCUT2D eigenvalue weighted by Crippen LogP contribution is -2.20. The Morgan fingerprint density at radius 1 is 1.31 bits per heavy atom. The van der Waals surface area contributed by atoms with Crippen molar-refractivity contribution in [2.24, 2.45) is 0 Å². The Hall–Kier alpha value is -0.930. The average Bonchev–Trinajstić information content (AvgIpc) is 2.34. The second-order valence-electron chi connectivity index (χ2n) is 3.75. The van der Waals surface area contributed by atoms with Crippen LogP contribution >= 0.6 is 0 Å². The number of pyridine rings is 1. The molecule has 1 aromatic rings. The van der Waals surface area contributed by atoms with E-state index in [1.165, 1.54) is 5.56 Å². The van der Waals surface area contributed by atoms with Gasteiger partial charge in [0.25, 0.3) is 0 Å². The number of nitrogens with one attached hydrogen (secondary N) is 1. The summed E-state index contributed by atoms with van der Waals surface area (Å²) in [5.41, 5.74) is 2.48. The van der Waals surface area contributed by atoms with E-state index in [2.05, 4.69) is 30.2 Å². The zero-order valence-corrected chi connectivity index (χ0v) is 10.3. The van der Waals surface area contributed by atoms with Gasteiger partial charge in [0.05, 0.1) is 12.3 Å². The van der Waals surface area contributed by atoms with E-state index in [1.54, 1.807) is 0 Å². The van der Waals surface area contributed by atoms with Crippen molar-refractivity contribution in [3.05, 3.63) is 29.6 Å². The quantitative estimate of drug-likeness (QED) is 0.684. The minimum absolute atomic E-state index is 0.780. The lowest BCUT2D eigenvalue weighted by molar-refractivity contribution is 0.136. The summed E-state index contributed by atoms with van der Waals surface area (Å²) in [7, 11) is 0. The Morgan fingerprint density at radius 3 is 2.94 bits per heavy atom. The fraction of sp³-hybridized carbons (Fsp3) is 0.615. The number of rotatable bonds is 8. The summed E-state index contributed by atoms with van der Waals surface area (Å²) < 4.78 is 5.39. The molecule has 0 radical (unpaired) electrons. The minimum Gasteiger partial charge on any atom is -0.380 e. The van der Waals surface area contributed by atoms with Crippen LogP contribution in [0.2, 0.25) is 0 Å². The van der Waals surface area contributed by atoms with Crippen molar-refractivity contribution in [3.63, 3.8) is 0 Å². The third kappa shape index (κ3) is 4.73. The van der Waals surface area contributed by atoms with E-state index in [-0.39, 0.29) is 0 Å². The van der Waals surface area contributed by atoms with Gasteiger partial charge in [0.1, 0.15) is 0 Å². The molecule has 1 N–H and O–H groups in total. The number of ether oxygens (including phenoxy) is 1. The van der Waals surface area contributed by atoms with Crippen LogP contribution in [0, 0.1) is 0 Å². The third-order valence-electron chi connectivity index (χ3n) is 2.43. The normalized spacial score (nSPS) is 10.6. The van der Waals surface area contributed by atoms with E-state index in [4.69, 9.17) is 4.74 Å². The molecule has 0 unspecified atom stereocenters. The predicted molar refractivity (Wildman–Crippen MR) is 66.4 cm³/mol. The van der Waals surface area contributed by atoms with Crippen molar-refractivity contribution in [1.82, 2.24) is 10.3 Å². The van der Waals surface area contributed by atoms with Gasteiger partial charge in [0.15, 0.2) is 0 Å². The van der Waals surface area contributed by atoms with Crippen LogP contribution in [0.15, 0.2) is 18.3 Å². The number of hydrogen-bond donors (Lipinski definition) is 1. The molecule has 16 heavy (non-hydrogen) atoms. The van der Waals surface area contributed by atoms with Gasteiger partial charge >= 0.3 is 0 Å². The molecule has 0 aliphatic carbocycles. The fourth-order valence-electron chi connectivity index (χ4n) is 1.55. The maximum absolute atomic E-state index is 5.39. The highest BCUT2D eigenvalue weighted by molar-refractivity contribution is 5.19. The lowest BCUT2D eigenvalue weighted by Gasteiger charge is -2.08. The van der Waals surface area contributed by atoms with Gasteiger partial charge in [-0.05, 0) is 24.5 Å². The second kappa shape index (κ2) is 8.25. The van der Waals surface area contributed by atoms with Crippen LogP contribution in [0.1, 0.15) is 31.5 Å². The Balaban J connectivity index is 2.21. The van der Waals surface area contributed by atoms with Gasteiger partial charge < -0.3 is 10.1 Å². The molecule has 0 saturated carbocycles. The molecule has 90 valence electrons. The molecule has 0 amide bonds. The molecule has 0 aliphatic heterocycles. The SMILES string of the molecule is CCCOCCNCc1ncccc1CC. The molecule has 3 heteroatoms. The van der Waals surface area contributed by atoms with Gasteiger partial charge in [-0.2, -0.15) is 0 Å². The molecular weight excluding hydrogens is 200 g/mol. The molecule has 1 rings (SSSR count). The zero-order chi connectivity index (χ0) is 11.6. The molecule has 0 bridgehead atoms. The van der Waals surface area contributed by atoms with Crippen molar-refractivity contribution in [1.29, 1.82) is 0 Å². The van der Waals surface area contributed by atoms with Crippen LogP contribution in [0.25, 0.3) is 0 Å². The highest BCUT2D eigenvalue weighted by Crippen LogP contribution is 2.05. The van der Waals surface area contributed by atoms with Crippen molar-refractivity contribution in [2.75, 3.05) is 19.8 Å². The summed E-state index contributed by atoms with van der Waals surface area (Å²) in [5.74, 6) is 0. The predicted octanol–water partition coefficient (Wildman–Crippen LogP) is 2.16. The fourth-order valence-corrected chi connectivity index (χ4v) is 1.55. The molecule has 0 saturated heterocycles. The van der Waals surface area contributed by atoms with Gasteiger partial charge in [0.2, 0.25) is 0 Å². The summed E-state index contributed by atoms with van der Waals surface area (Å²) >= 11 is 0. The van der Waals surface area contributed by atoms with Crippen LogP contribution in [0.5, 0.6) is 0 Å². The number of aromatic nitrogens is 1. The first-order chi connectivity index (χ1) is 7.88. The molecule has 0 aliphatic rings. The average molecular weight is 222 g/mol. The summed E-state index contributed by atoms with van der Waals surface area (Å²) in [5, 5.41) is 3.35. The van der Waals surface area contributed by atoms with Crippen LogP contribution in [-0.4, -0.2) is 24.7 Å². The second-order valence-corrected chi connectivity index (χ2v) is 3.75. The van der Waals surface area contributed by atoms with Crippen molar-refractivity contribution >= 4 is 0 Å². The standard InChI is InChI=1S/C13H22N2O/c1-3-9-16-10-8-14-11-13-12(4-2)6-5-7-15-13/h5-7,14H,3-4,8-11H2,1-2H3. The minimum atomic E-state index is 0.780. The van der Waals surface area contributed by atoms with Crippen LogP contribution in [-0.2, 0) is 17.7 Å². The van der Waals surface area contributed by atoms with Crippen molar-refractivity contribution in [3.8, 4) is 0 Å². The van der Waals surface area contributed by atoms with Gasteiger partial charge in [-0.3, -0.25) is 4.98 Å². The monoisotopic (exact) mass is 222 g/mol. The summed E-state index contributed by atoms with van der Waals surface area (Å²) in [6.07, 6.45) is 3.97. The van der Waals surface area contributed by atoms with Crippen LogP contribution in [0.3, 0.4) is 0 Å². The van der Waals surface area contributed by atoms with Crippen LogP contribution in [0.4, 0.5) is 0 Å². The number of hydrogen-bond acceptors (Lipinski definition) is 3. The summed E-state index contributed by atoms with van der Waals surface area (Å²) in [4.78, 5) is 4.38. The number of aryl methyl sites for hydroxylation is 1. The Morgan fingerprint density at radius 2 is 2.19 bits per heavy atom. The van der Waals surface area contributed by atoms with E-state index in [1.807, 2.05) is 12.3 Å². The maximum atomic E-state index is 5.39. The zero-order valence-electron chi connectivity index (χ0n) is 10.3. The smallest absolute Gasteiger partial charge is 0.0591 e. The van der Waals surface area contributed by atoms with E-state index < -0.39 is 0 Å². The maximum Gasteiger partial charge on any atom is 0.0591 e. The molecule has 3 nitrogen and oxygen atoms in total. The van der Waals surface area contributed by atoms with E-state index in [9.17, 15) is 0 Å². The molecule has 0 spiro atoms. The van der Waals surface area contributed by atoms with Crippen molar-refractivity contribution < 1.29 is 4.74 Å².